The number of piperidine rings is 1. The quantitative estimate of drug-likeness (QED) is 0.845. The van der Waals surface area contributed by atoms with Gasteiger partial charge in [-0.3, -0.25) is 14.3 Å². The highest BCUT2D eigenvalue weighted by atomic mass is 16.1. The summed E-state index contributed by atoms with van der Waals surface area (Å²) in [5, 5.41) is 6.44. The molecule has 2 aliphatic rings. The van der Waals surface area contributed by atoms with E-state index in [9.17, 15) is 9.59 Å². The van der Waals surface area contributed by atoms with Crippen LogP contribution < -0.4 is 15.8 Å². The number of hydrogen-bond acceptors (Lipinski definition) is 4. The Bertz CT molecular complexity index is 769. The highest BCUT2D eigenvalue weighted by Gasteiger charge is 2.34. The van der Waals surface area contributed by atoms with E-state index < -0.39 is 0 Å². The molecule has 0 radical (unpaired) electrons. The van der Waals surface area contributed by atoms with Crippen molar-refractivity contribution < 1.29 is 4.79 Å². The number of hydrogen-bond donors (Lipinski definition) is 1. The SMILES string of the molecule is O=Cc1cn(N2C[C@@H]3CCCN[C@@H]3C2)c2ccccc2c1=O. The van der Waals surface area contributed by atoms with Crippen molar-refractivity contribution in [3.05, 3.63) is 46.2 Å². The Kier molecular flexibility index (Phi) is 3.22. The van der Waals surface area contributed by atoms with E-state index in [-0.39, 0.29) is 11.0 Å². The van der Waals surface area contributed by atoms with Gasteiger partial charge in [0.2, 0.25) is 0 Å². The topological polar surface area (TPSA) is 54.3 Å². The molecule has 0 unspecified atom stereocenters. The molecule has 0 bridgehead atoms. The summed E-state index contributed by atoms with van der Waals surface area (Å²) in [5.74, 6) is 0.645. The molecular weight excluding hydrogens is 278 g/mol. The fraction of sp³-hybridized carbons (Fsp3) is 0.412. The van der Waals surface area contributed by atoms with Gasteiger partial charge >= 0.3 is 0 Å². The van der Waals surface area contributed by atoms with Gasteiger partial charge in [0.15, 0.2) is 11.7 Å². The Balaban J connectivity index is 1.83. The third-order valence-electron chi connectivity index (χ3n) is 4.93. The fourth-order valence-corrected chi connectivity index (χ4v) is 3.80. The van der Waals surface area contributed by atoms with Crippen LogP contribution in [-0.4, -0.2) is 36.6 Å². The first-order valence-corrected chi connectivity index (χ1v) is 7.86. The van der Waals surface area contributed by atoms with Crippen molar-refractivity contribution in [2.75, 3.05) is 24.6 Å². The molecule has 2 fully saturated rings. The number of fused-ring (bicyclic) bond motifs is 2. The molecule has 0 aliphatic carbocycles. The van der Waals surface area contributed by atoms with Gasteiger partial charge in [-0.2, -0.15) is 0 Å². The summed E-state index contributed by atoms with van der Waals surface area (Å²) in [7, 11) is 0. The number of aldehydes is 1. The summed E-state index contributed by atoms with van der Waals surface area (Å²) in [6.45, 7) is 2.96. The average molecular weight is 297 g/mol. The lowest BCUT2D eigenvalue weighted by atomic mass is 9.94. The van der Waals surface area contributed by atoms with Crippen molar-refractivity contribution in [3.8, 4) is 0 Å². The van der Waals surface area contributed by atoms with Gasteiger partial charge in [0.05, 0.1) is 17.6 Å². The molecule has 5 heteroatoms. The first-order chi connectivity index (χ1) is 10.8. The Labute approximate surface area is 128 Å². The highest BCUT2D eigenvalue weighted by molar-refractivity contribution is 5.86. The summed E-state index contributed by atoms with van der Waals surface area (Å²) in [6.07, 6.45) is 4.81. The number of nitrogens with one attached hydrogen (secondary N) is 1. The van der Waals surface area contributed by atoms with Crippen molar-refractivity contribution in [1.29, 1.82) is 0 Å². The number of carbonyl (C=O) groups is 1. The largest absolute Gasteiger partial charge is 0.312 e. The second-order valence-corrected chi connectivity index (χ2v) is 6.23. The smallest absolute Gasteiger partial charge is 0.200 e. The van der Waals surface area contributed by atoms with Crippen molar-refractivity contribution >= 4 is 17.2 Å². The molecule has 22 heavy (non-hydrogen) atoms. The van der Waals surface area contributed by atoms with E-state index in [2.05, 4.69) is 10.3 Å². The highest BCUT2D eigenvalue weighted by Crippen LogP contribution is 2.25. The minimum atomic E-state index is -0.184. The Morgan fingerprint density at radius 1 is 1.23 bits per heavy atom. The number of para-hydroxylation sites is 1. The Morgan fingerprint density at radius 3 is 2.91 bits per heavy atom. The monoisotopic (exact) mass is 297 g/mol. The molecule has 114 valence electrons. The number of nitrogens with zero attached hydrogens (tertiary/aromatic N) is 2. The number of rotatable bonds is 2. The number of benzene rings is 1. The van der Waals surface area contributed by atoms with Crippen LogP contribution in [0.5, 0.6) is 0 Å². The van der Waals surface area contributed by atoms with Gasteiger partial charge in [-0.25, -0.2) is 0 Å². The van der Waals surface area contributed by atoms with E-state index in [1.54, 1.807) is 12.3 Å². The normalized spacial score (nSPS) is 24.5. The molecule has 1 N–H and O–H groups in total. The lowest BCUT2D eigenvalue weighted by Gasteiger charge is -2.24. The third-order valence-corrected chi connectivity index (χ3v) is 4.93. The first-order valence-electron chi connectivity index (χ1n) is 7.86. The van der Waals surface area contributed by atoms with Crippen LogP contribution in [0, 0.1) is 5.92 Å². The summed E-state index contributed by atoms with van der Waals surface area (Å²) in [4.78, 5) is 23.5. The van der Waals surface area contributed by atoms with Crippen molar-refractivity contribution in [2.24, 2.45) is 5.92 Å². The zero-order valence-corrected chi connectivity index (χ0v) is 12.4. The van der Waals surface area contributed by atoms with E-state index in [0.29, 0.717) is 23.6 Å². The second kappa shape index (κ2) is 5.25. The van der Waals surface area contributed by atoms with E-state index in [1.165, 1.54) is 12.8 Å². The average Bonchev–Trinajstić information content (AvgIpc) is 2.99. The molecule has 2 aromatic rings. The second-order valence-electron chi connectivity index (χ2n) is 6.23. The van der Waals surface area contributed by atoms with E-state index in [1.807, 2.05) is 22.9 Å². The lowest BCUT2D eigenvalue weighted by molar-refractivity contribution is 0.112. The van der Waals surface area contributed by atoms with Crippen LogP contribution >= 0.6 is 0 Å². The third kappa shape index (κ3) is 2.04. The van der Waals surface area contributed by atoms with Crippen LogP contribution in [0.2, 0.25) is 0 Å². The van der Waals surface area contributed by atoms with Crippen LogP contribution in [0.1, 0.15) is 23.2 Å². The van der Waals surface area contributed by atoms with Crippen molar-refractivity contribution in [3.63, 3.8) is 0 Å². The first kappa shape index (κ1) is 13.5. The minimum absolute atomic E-state index is 0.184. The number of aromatic nitrogens is 1. The predicted molar refractivity (Wildman–Crippen MR) is 86.1 cm³/mol. The van der Waals surface area contributed by atoms with Crippen LogP contribution in [-0.2, 0) is 0 Å². The van der Waals surface area contributed by atoms with Crippen LogP contribution in [0.3, 0.4) is 0 Å². The maximum absolute atomic E-state index is 12.3. The summed E-state index contributed by atoms with van der Waals surface area (Å²) in [5.41, 5.74) is 0.912. The summed E-state index contributed by atoms with van der Waals surface area (Å²) in [6, 6.07) is 8.02. The molecule has 2 saturated heterocycles. The van der Waals surface area contributed by atoms with Gasteiger partial charge in [-0.1, -0.05) is 12.1 Å². The number of pyridine rings is 1. The van der Waals surface area contributed by atoms with E-state index >= 15 is 0 Å². The van der Waals surface area contributed by atoms with E-state index in [4.69, 9.17) is 0 Å². The lowest BCUT2D eigenvalue weighted by Crippen LogP contribution is -2.41. The fourth-order valence-electron chi connectivity index (χ4n) is 3.80. The van der Waals surface area contributed by atoms with Crippen LogP contribution in [0.15, 0.2) is 35.3 Å². The molecule has 2 aliphatic heterocycles. The zero-order valence-electron chi connectivity index (χ0n) is 12.4. The zero-order chi connectivity index (χ0) is 15.1. The van der Waals surface area contributed by atoms with E-state index in [0.717, 1.165) is 25.2 Å². The van der Waals surface area contributed by atoms with Crippen molar-refractivity contribution in [2.45, 2.75) is 18.9 Å². The standard InChI is InChI=1S/C17H19N3O2/c21-11-13-9-20(16-6-2-1-5-14(16)17(13)22)19-8-12-4-3-7-18-15(12)10-19/h1-2,5-6,9,11-12,15,18H,3-4,7-8,10H2/t12-,15+/m0/s1. The summed E-state index contributed by atoms with van der Waals surface area (Å²) >= 11 is 0. The summed E-state index contributed by atoms with van der Waals surface area (Å²) < 4.78 is 2.00. The van der Waals surface area contributed by atoms with Crippen molar-refractivity contribution in [1.82, 2.24) is 9.99 Å². The molecule has 0 amide bonds. The van der Waals surface area contributed by atoms with Crippen LogP contribution in [0.4, 0.5) is 0 Å². The van der Waals surface area contributed by atoms with Gasteiger partial charge in [0.1, 0.15) is 0 Å². The molecular formula is C17H19N3O2. The van der Waals surface area contributed by atoms with Gasteiger partial charge in [-0.15, -0.1) is 0 Å². The number of carbonyl (C=O) groups excluding carboxylic acids is 1. The van der Waals surface area contributed by atoms with Gasteiger partial charge in [0.25, 0.3) is 0 Å². The maximum atomic E-state index is 12.3. The van der Waals surface area contributed by atoms with Crippen LogP contribution in [0.25, 0.3) is 10.9 Å². The molecule has 2 atom stereocenters. The Morgan fingerprint density at radius 2 is 2.09 bits per heavy atom. The molecule has 0 spiro atoms. The maximum Gasteiger partial charge on any atom is 0.200 e. The molecule has 1 aromatic carbocycles. The molecule has 4 rings (SSSR count). The minimum Gasteiger partial charge on any atom is -0.312 e. The molecule has 0 saturated carbocycles. The van der Waals surface area contributed by atoms with Gasteiger partial charge in [0, 0.05) is 24.2 Å². The van der Waals surface area contributed by atoms with Gasteiger partial charge in [-0.05, 0) is 37.4 Å². The molecule has 1 aromatic heterocycles. The van der Waals surface area contributed by atoms with Gasteiger partial charge < -0.3 is 10.3 Å². The Hall–Kier alpha value is -2.14. The molecule has 3 heterocycles. The predicted octanol–water partition coefficient (Wildman–Crippen LogP) is 1.13. The molecule has 5 nitrogen and oxygen atoms in total.